The van der Waals surface area contributed by atoms with Gasteiger partial charge in [0, 0.05) is 11.6 Å². The number of H-pyrrole nitrogens is 1. The Hall–Kier alpha value is -2.34. The average molecular weight is 346 g/mol. The Kier molecular flexibility index (Phi) is 4.85. The monoisotopic (exact) mass is 345 g/mol. The standard InChI is InChI=1S/C17H20ClN5O/c1-4-19-15-14-16(21-10-20-14)23(17(22-15)24-11(2)3)9-12-5-7-13(18)8-6-12/h5-8,10-11H,4,9H2,1-3H3,(H,20,21). The smallest absolute Gasteiger partial charge is 0.300 e. The zero-order valence-corrected chi connectivity index (χ0v) is 14.7. The Bertz CT molecular complexity index is 895. The molecule has 2 aromatic heterocycles. The number of nitrogens with zero attached hydrogens (tertiary/aromatic N) is 4. The average Bonchev–Trinajstić information content (AvgIpc) is 3.02. The van der Waals surface area contributed by atoms with Gasteiger partial charge in [0.15, 0.2) is 11.1 Å². The minimum atomic E-state index is -0.000152. The van der Waals surface area contributed by atoms with Crippen LogP contribution in [0.5, 0.6) is 6.01 Å². The van der Waals surface area contributed by atoms with Gasteiger partial charge in [0.1, 0.15) is 5.52 Å². The van der Waals surface area contributed by atoms with Crippen LogP contribution < -0.4 is 10.2 Å². The topological polar surface area (TPSA) is 68.1 Å². The molecule has 0 radical (unpaired) electrons. The Morgan fingerprint density at radius 1 is 1.29 bits per heavy atom. The number of halogens is 1. The number of rotatable bonds is 5. The maximum absolute atomic E-state index is 5.97. The Balaban J connectivity index is 2.16. The Morgan fingerprint density at radius 2 is 2.04 bits per heavy atom. The number of hydrogen-bond donors (Lipinski definition) is 1. The van der Waals surface area contributed by atoms with Gasteiger partial charge in [0.2, 0.25) is 0 Å². The third-order valence-electron chi connectivity index (χ3n) is 3.43. The molecule has 6 nitrogen and oxygen atoms in total. The van der Waals surface area contributed by atoms with Gasteiger partial charge in [-0.1, -0.05) is 23.7 Å². The van der Waals surface area contributed by atoms with Crippen LogP contribution in [0.3, 0.4) is 0 Å². The Labute approximate surface area is 145 Å². The SMILES string of the molecule is CCN=c1nc(OC(C)C)n(Cc2ccc(Cl)cc2)c2nc[nH]c12. The molecule has 24 heavy (non-hydrogen) atoms. The molecule has 0 unspecified atom stereocenters. The van der Waals surface area contributed by atoms with Crippen molar-refractivity contribution < 1.29 is 4.74 Å². The molecule has 0 saturated heterocycles. The molecule has 0 aliphatic heterocycles. The van der Waals surface area contributed by atoms with Crippen molar-refractivity contribution in [2.24, 2.45) is 4.99 Å². The fourth-order valence-corrected chi connectivity index (χ4v) is 2.56. The number of hydrogen-bond acceptors (Lipinski definition) is 4. The lowest BCUT2D eigenvalue weighted by Crippen LogP contribution is -2.21. The number of aromatic nitrogens is 4. The van der Waals surface area contributed by atoms with E-state index in [1.54, 1.807) is 6.33 Å². The summed E-state index contributed by atoms with van der Waals surface area (Å²) in [6.45, 7) is 7.14. The van der Waals surface area contributed by atoms with Crippen LogP contribution in [0.2, 0.25) is 5.02 Å². The van der Waals surface area contributed by atoms with Gasteiger partial charge < -0.3 is 9.72 Å². The molecule has 126 valence electrons. The molecule has 0 spiro atoms. The minimum absolute atomic E-state index is 0.000152. The second-order valence-electron chi connectivity index (χ2n) is 5.67. The van der Waals surface area contributed by atoms with Crippen LogP contribution >= 0.6 is 11.6 Å². The maximum atomic E-state index is 5.97. The molecule has 0 aliphatic carbocycles. The Morgan fingerprint density at radius 3 is 2.71 bits per heavy atom. The number of fused-ring (bicyclic) bond motifs is 1. The highest BCUT2D eigenvalue weighted by Crippen LogP contribution is 2.18. The zero-order chi connectivity index (χ0) is 17.1. The summed E-state index contributed by atoms with van der Waals surface area (Å²) in [7, 11) is 0. The third-order valence-corrected chi connectivity index (χ3v) is 3.69. The number of ether oxygens (including phenoxy) is 1. The highest BCUT2D eigenvalue weighted by atomic mass is 35.5. The molecule has 0 amide bonds. The molecule has 7 heteroatoms. The first-order valence-corrected chi connectivity index (χ1v) is 8.31. The lowest BCUT2D eigenvalue weighted by Gasteiger charge is -2.16. The van der Waals surface area contributed by atoms with Crippen LogP contribution in [-0.2, 0) is 6.54 Å². The number of nitrogens with one attached hydrogen (secondary N) is 1. The second kappa shape index (κ2) is 7.05. The molecule has 3 aromatic rings. The van der Waals surface area contributed by atoms with Gasteiger partial charge in [0.25, 0.3) is 0 Å². The van der Waals surface area contributed by atoms with E-state index in [0.29, 0.717) is 29.6 Å². The first kappa shape index (κ1) is 16.5. The van der Waals surface area contributed by atoms with E-state index in [-0.39, 0.29) is 6.10 Å². The van der Waals surface area contributed by atoms with Crippen LogP contribution in [0.15, 0.2) is 35.6 Å². The van der Waals surface area contributed by atoms with Gasteiger partial charge in [0.05, 0.1) is 19.0 Å². The molecule has 0 aliphatic rings. The van der Waals surface area contributed by atoms with E-state index in [4.69, 9.17) is 16.3 Å². The van der Waals surface area contributed by atoms with Gasteiger partial charge >= 0.3 is 6.01 Å². The summed E-state index contributed by atoms with van der Waals surface area (Å²) < 4.78 is 7.87. The van der Waals surface area contributed by atoms with Crippen molar-refractivity contribution in [2.45, 2.75) is 33.4 Å². The number of aromatic amines is 1. The molecule has 0 fully saturated rings. The fourth-order valence-electron chi connectivity index (χ4n) is 2.43. The van der Waals surface area contributed by atoms with Crippen molar-refractivity contribution in [1.82, 2.24) is 19.5 Å². The summed E-state index contributed by atoms with van der Waals surface area (Å²) in [5.41, 5.74) is 3.28. The highest BCUT2D eigenvalue weighted by molar-refractivity contribution is 6.30. The van der Waals surface area contributed by atoms with Crippen molar-refractivity contribution in [1.29, 1.82) is 0 Å². The quantitative estimate of drug-likeness (QED) is 0.772. The van der Waals surface area contributed by atoms with Gasteiger partial charge in [-0.3, -0.25) is 9.56 Å². The van der Waals surface area contributed by atoms with E-state index in [1.165, 1.54) is 0 Å². The second-order valence-corrected chi connectivity index (χ2v) is 6.11. The van der Waals surface area contributed by atoms with Gasteiger partial charge in [-0.15, -0.1) is 0 Å². The van der Waals surface area contributed by atoms with Crippen molar-refractivity contribution in [3.05, 3.63) is 46.7 Å². The molecule has 2 heterocycles. The molecular weight excluding hydrogens is 326 g/mol. The third kappa shape index (κ3) is 3.43. The summed E-state index contributed by atoms with van der Waals surface area (Å²) in [5.74, 6) is 0. The minimum Gasteiger partial charge on any atom is -0.462 e. The summed E-state index contributed by atoms with van der Waals surface area (Å²) in [6, 6.07) is 8.22. The van der Waals surface area contributed by atoms with Crippen LogP contribution in [0.1, 0.15) is 26.3 Å². The molecule has 0 bridgehead atoms. The van der Waals surface area contributed by atoms with Gasteiger partial charge in [-0.25, -0.2) is 4.98 Å². The van der Waals surface area contributed by atoms with Crippen LogP contribution in [0, 0.1) is 0 Å². The number of benzene rings is 1. The zero-order valence-electron chi connectivity index (χ0n) is 14.0. The fraction of sp³-hybridized carbons (Fsp3) is 0.353. The molecule has 0 saturated carbocycles. The van der Waals surface area contributed by atoms with Crippen molar-refractivity contribution in [3.63, 3.8) is 0 Å². The van der Waals surface area contributed by atoms with Crippen LogP contribution in [0.25, 0.3) is 11.2 Å². The highest BCUT2D eigenvalue weighted by Gasteiger charge is 2.14. The van der Waals surface area contributed by atoms with Gasteiger partial charge in [-0.05, 0) is 38.5 Å². The summed E-state index contributed by atoms with van der Waals surface area (Å²) in [6.07, 6.45) is 1.65. The van der Waals surface area contributed by atoms with E-state index in [0.717, 1.165) is 16.7 Å². The van der Waals surface area contributed by atoms with Crippen molar-refractivity contribution in [2.75, 3.05) is 6.54 Å². The predicted molar refractivity (Wildman–Crippen MR) is 94.3 cm³/mol. The van der Waals surface area contributed by atoms with Crippen LogP contribution in [0.4, 0.5) is 0 Å². The maximum Gasteiger partial charge on any atom is 0.300 e. The largest absolute Gasteiger partial charge is 0.462 e. The van der Waals surface area contributed by atoms with Crippen molar-refractivity contribution in [3.8, 4) is 6.01 Å². The predicted octanol–water partition coefficient (Wildman–Crippen LogP) is 3.17. The lowest BCUT2D eigenvalue weighted by atomic mass is 10.2. The first-order valence-electron chi connectivity index (χ1n) is 7.94. The van der Waals surface area contributed by atoms with Crippen molar-refractivity contribution >= 4 is 22.8 Å². The number of imidazole rings is 1. The molecular formula is C17H20ClN5O. The normalized spacial score (nSPS) is 12.3. The van der Waals surface area contributed by atoms with Crippen LogP contribution in [-0.4, -0.2) is 32.2 Å². The summed E-state index contributed by atoms with van der Waals surface area (Å²) in [5, 5.41) is 0.711. The van der Waals surface area contributed by atoms with E-state index in [1.807, 2.05) is 49.6 Å². The van der Waals surface area contributed by atoms with E-state index >= 15 is 0 Å². The summed E-state index contributed by atoms with van der Waals surface area (Å²) >= 11 is 5.97. The van der Waals surface area contributed by atoms with E-state index in [9.17, 15) is 0 Å². The van der Waals surface area contributed by atoms with E-state index < -0.39 is 0 Å². The summed E-state index contributed by atoms with van der Waals surface area (Å²) in [4.78, 5) is 16.6. The van der Waals surface area contributed by atoms with E-state index in [2.05, 4.69) is 19.9 Å². The molecule has 1 aromatic carbocycles. The lowest BCUT2D eigenvalue weighted by molar-refractivity contribution is 0.211. The molecule has 0 atom stereocenters. The molecule has 1 N–H and O–H groups in total. The molecule has 3 rings (SSSR count). The first-order chi connectivity index (χ1) is 11.6. The van der Waals surface area contributed by atoms with Gasteiger partial charge in [-0.2, -0.15) is 4.98 Å².